The minimum Gasteiger partial charge on any atom is -0.480 e. The maximum absolute atomic E-state index is 13.2. The number of nitrogens with zero attached hydrogens (tertiary/aromatic N) is 2. The van der Waals surface area contributed by atoms with Gasteiger partial charge >= 0.3 is 5.97 Å². The van der Waals surface area contributed by atoms with Gasteiger partial charge in [0, 0.05) is 43.7 Å². The number of benzene rings is 2. The summed E-state index contributed by atoms with van der Waals surface area (Å²) >= 11 is 13.1. The van der Waals surface area contributed by atoms with Gasteiger partial charge in [0.1, 0.15) is 11.6 Å². The fourth-order valence-electron chi connectivity index (χ4n) is 5.32. The molecule has 2 aliphatic rings. The van der Waals surface area contributed by atoms with Crippen molar-refractivity contribution >= 4 is 67.9 Å². The molecule has 3 aromatic rings. The summed E-state index contributed by atoms with van der Waals surface area (Å²) in [5.41, 5.74) is 2.24. The number of carbonyl (C=O) groups is 4. The normalized spacial score (nSPS) is 17.8. The Balaban J connectivity index is 1.25. The van der Waals surface area contributed by atoms with Crippen molar-refractivity contribution in [1.29, 1.82) is 0 Å². The number of hydrogen-bond donors (Lipinski definition) is 3. The largest absolute Gasteiger partial charge is 0.480 e. The molecule has 0 aliphatic carbocycles. The van der Waals surface area contributed by atoms with Gasteiger partial charge < -0.3 is 25.1 Å². The summed E-state index contributed by atoms with van der Waals surface area (Å²) in [5.74, 6) is -3.59. The van der Waals surface area contributed by atoms with E-state index in [1.807, 2.05) is 0 Å². The second-order valence-corrected chi connectivity index (χ2v) is 13.3. The van der Waals surface area contributed by atoms with Gasteiger partial charge in [-0.1, -0.05) is 29.3 Å². The number of furan rings is 1. The fourth-order valence-corrected chi connectivity index (χ4v) is 6.98. The molecule has 5 rings (SSSR count). The smallest absolute Gasteiger partial charge is 0.328 e. The van der Waals surface area contributed by atoms with Crippen LogP contribution in [0.25, 0.3) is 11.0 Å². The highest BCUT2D eigenvalue weighted by atomic mass is 35.5. The molecule has 3 heterocycles. The number of amides is 3. The number of hydrogen-bond acceptors (Lipinski definition) is 7. The van der Waals surface area contributed by atoms with Gasteiger partial charge in [-0.15, -0.1) is 0 Å². The number of carboxylic acids is 1. The average Bonchev–Trinajstić information content (AvgIpc) is 3.64. The number of halogens is 2. The van der Waals surface area contributed by atoms with E-state index in [0.29, 0.717) is 41.7 Å². The Morgan fingerprint density at radius 3 is 2.60 bits per heavy atom. The van der Waals surface area contributed by atoms with Crippen molar-refractivity contribution in [3.05, 3.63) is 68.9 Å². The molecule has 3 N–H and O–H groups in total. The molecule has 15 heteroatoms. The summed E-state index contributed by atoms with van der Waals surface area (Å²) in [6.07, 6.45) is 3.24. The molecular weight excluding hydrogens is 623 g/mol. The van der Waals surface area contributed by atoms with Crippen LogP contribution in [0, 0.1) is 5.92 Å². The Kier molecular flexibility index (Phi) is 8.70. The molecule has 2 unspecified atom stereocenters. The van der Waals surface area contributed by atoms with Crippen LogP contribution >= 0.6 is 23.2 Å². The van der Waals surface area contributed by atoms with E-state index in [0.717, 1.165) is 11.6 Å². The van der Waals surface area contributed by atoms with E-state index < -0.39 is 46.3 Å². The minimum absolute atomic E-state index is 0.00264. The van der Waals surface area contributed by atoms with E-state index >= 15 is 0 Å². The monoisotopic (exact) mass is 650 g/mol. The number of nitrogens with one attached hydrogen (secondary N) is 2. The summed E-state index contributed by atoms with van der Waals surface area (Å²) in [6.45, 7) is 0.283. The summed E-state index contributed by atoms with van der Waals surface area (Å²) in [4.78, 5) is 52.5. The first-order chi connectivity index (χ1) is 20.3. The van der Waals surface area contributed by atoms with Crippen molar-refractivity contribution in [3.63, 3.8) is 0 Å². The number of carbonyl (C=O) groups excluding carboxylic acids is 3. The summed E-state index contributed by atoms with van der Waals surface area (Å²) in [5, 5.41) is 15.5. The average molecular weight is 652 g/mol. The molecule has 2 aliphatic heterocycles. The molecule has 12 nitrogen and oxygen atoms in total. The molecule has 1 saturated heterocycles. The molecule has 0 saturated carbocycles. The molecule has 3 amide bonds. The van der Waals surface area contributed by atoms with E-state index in [1.165, 1.54) is 10.4 Å². The van der Waals surface area contributed by atoms with Crippen molar-refractivity contribution in [1.82, 2.24) is 19.8 Å². The Bertz CT molecular complexity index is 1740. The van der Waals surface area contributed by atoms with Gasteiger partial charge in [0.25, 0.3) is 11.8 Å². The lowest BCUT2D eigenvalue weighted by molar-refractivity contribution is -0.139. The minimum atomic E-state index is -3.45. The van der Waals surface area contributed by atoms with Crippen LogP contribution in [-0.2, 0) is 32.6 Å². The maximum Gasteiger partial charge on any atom is 0.328 e. The number of fused-ring (bicyclic) bond motifs is 2. The summed E-state index contributed by atoms with van der Waals surface area (Å²) < 4.78 is 30.0. The summed E-state index contributed by atoms with van der Waals surface area (Å²) in [7, 11) is -3.45. The Morgan fingerprint density at radius 1 is 1.14 bits per heavy atom. The Morgan fingerprint density at radius 2 is 1.91 bits per heavy atom. The van der Waals surface area contributed by atoms with Gasteiger partial charge in [-0.2, -0.15) is 0 Å². The third-order valence-electron chi connectivity index (χ3n) is 7.70. The fraction of sp³-hybridized carbons (Fsp3) is 0.357. The molecule has 2 atom stereocenters. The van der Waals surface area contributed by atoms with Gasteiger partial charge in [0.2, 0.25) is 15.9 Å². The SMILES string of the molecule is CS(=O)(=O)N1CCC(C(=O)NCC(NC(=O)c2c(Cl)cc3c(c2Cl)CCN(C(=O)c2ccc4ccoc4c2)C3)C(=O)O)C1. The van der Waals surface area contributed by atoms with Crippen LogP contribution in [0.5, 0.6) is 0 Å². The van der Waals surface area contributed by atoms with Crippen molar-refractivity contribution in [2.45, 2.75) is 25.4 Å². The predicted molar refractivity (Wildman–Crippen MR) is 158 cm³/mol. The topological polar surface area (TPSA) is 166 Å². The highest BCUT2D eigenvalue weighted by Crippen LogP contribution is 2.35. The maximum atomic E-state index is 13.2. The highest BCUT2D eigenvalue weighted by Gasteiger charge is 2.34. The van der Waals surface area contributed by atoms with Crippen molar-refractivity contribution in [2.75, 3.05) is 32.4 Å². The van der Waals surface area contributed by atoms with Crippen molar-refractivity contribution in [3.8, 4) is 0 Å². The first-order valence-corrected chi connectivity index (χ1v) is 16.0. The quantitative estimate of drug-likeness (QED) is 0.334. The Labute approximate surface area is 256 Å². The van der Waals surface area contributed by atoms with Crippen molar-refractivity contribution in [2.24, 2.45) is 5.92 Å². The molecule has 228 valence electrons. The van der Waals surface area contributed by atoms with Crippen LogP contribution in [0.2, 0.25) is 10.0 Å². The van der Waals surface area contributed by atoms with Crippen LogP contribution in [0.3, 0.4) is 0 Å². The Hall–Kier alpha value is -3.65. The molecule has 43 heavy (non-hydrogen) atoms. The first kappa shape index (κ1) is 30.8. The van der Waals surface area contributed by atoms with Gasteiger partial charge in [0.15, 0.2) is 0 Å². The van der Waals surface area contributed by atoms with Gasteiger partial charge in [0.05, 0.1) is 34.0 Å². The molecular formula is C28H28Cl2N4O8S. The van der Waals surface area contributed by atoms with Gasteiger partial charge in [-0.3, -0.25) is 14.4 Å². The zero-order valence-electron chi connectivity index (χ0n) is 22.9. The second kappa shape index (κ2) is 12.2. The lowest BCUT2D eigenvalue weighted by Crippen LogP contribution is -2.49. The lowest BCUT2D eigenvalue weighted by atomic mass is 9.96. The number of sulfonamides is 1. The number of rotatable bonds is 8. The molecule has 1 aromatic heterocycles. The van der Waals surface area contributed by atoms with E-state index in [2.05, 4.69) is 10.6 Å². The van der Waals surface area contributed by atoms with Gasteiger partial charge in [-0.05, 0) is 48.2 Å². The molecule has 0 spiro atoms. The zero-order valence-corrected chi connectivity index (χ0v) is 25.3. The highest BCUT2D eigenvalue weighted by molar-refractivity contribution is 7.88. The third kappa shape index (κ3) is 6.49. The number of aliphatic carboxylic acids is 1. The zero-order chi connectivity index (χ0) is 31.1. The number of carboxylic acid groups (broad SMARTS) is 1. The van der Waals surface area contributed by atoms with E-state index in [-0.39, 0.29) is 41.2 Å². The van der Waals surface area contributed by atoms with Gasteiger partial charge in [-0.25, -0.2) is 17.5 Å². The third-order valence-corrected chi connectivity index (χ3v) is 9.68. The molecule has 0 bridgehead atoms. The first-order valence-electron chi connectivity index (χ1n) is 13.4. The molecule has 2 aromatic carbocycles. The van der Waals surface area contributed by atoms with Crippen LogP contribution in [0.15, 0.2) is 41.0 Å². The van der Waals surface area contributed by atoms with Crippen LogP contribution in [0.4, 0.5) is 0 Å². The standard InChI is InChI=1S/C28H28Cl2N4O8S/c1-43(40,41)34-8-4-17(14-34)25(35)31-12-21(28(38)39)32-26(36)23-20(29)10-18-13-33(7-5-19(18)24(23)30)27(37)16-3-2-15-6-9-42-22(15)11-16/h2-3,6,9-11,17,21H,4-5,7-8,12-14H2,1H3,(H,31,35)(H,32,36)(H,38,39). The van der Waals surface area contributed by atoms with E-state index in [9.17, 15) is 32.7 Å². The van der Waals surface area contributed by atoms with Crippen LogP contribution in [0.1, 0.15) is 38.3 Å². The van der Waals surface area contributed by atoms with E-state index in [4.69, 9.17) is 27.6 Å². The summed E-state index contributed by atoms with van der Waals surface area (Å²) in [6, 6.07) is 7.05. The van der Waals surface area contributed by atoms with Crippen LogP contribution in [-0.4, -0.2) is 84.9 Å². The van der Waals surface area contributed by atoms with E-state index in [1.54, 1.807) is 35.4 Å². The lowest BCUT2D eigenvalue weighted by Gasteiger charge is -2.30. The second-order valence-electron chi connectivity index (χ2n) is 10.6. The molecule has 0 radical (unpaired) electrons. The molecule has 1 fully saturated rings. The van der Waals surface area contributed by atoms with Crippen molar-refractivity contribution < 1.29 is 37.1 Å². The predicted octanol–water partition coefficient (Wildman–Crippen LogP) is 2.52. The van der Waals surface area contributed by atoms with Crippen LogP contribution < -0.4 is 10.6 Å².